The molecule has 0 aromatic heterocycles. The molecule has 122 valence electrons. The standard InChI is InChI=1S/C17H21N3O3/c21-17(14-6-8-16(9-7-14)20(22)23)19-12-10-18(11-13-19)15-4-2-1-3-5-15/h2,4,6-9,15H,1,3,5,10-13H2/t15-/m0/s1. The van der Waals surface area contributed by atoms with Gasteiger partial charge in [-0.3, -0.25) is 19.8 Å². The largest absolute Gasteiger partial charge is 0.336 e. The summed E-state index contributed by atoms with van der Waals surface area (Å²) in [6.45, 7) is 3.18. The molecule has 2 aliphatic rings. The van der Waals surface area contributed by atoms with Gasteiger partial charge < -0.3 is 4.90 Å². The summed E-state index contributed by atoms with van der Waals surface area (Å²) in [5.74, 6) is -0.0428. The third kappa shape index (κ3) is 3.59. The van der Waals surface area contributed by atoms with Crippen LogP contribution in [-0.2, 0) is 0 Å². The third-order valence-corrected chi connectivity index (χ3v) is 4.62. The van der Waals surface area contributed by atoms with Crippen molar-refractivity contribution in [1.82, 2.24) is 9.80 Å². The highest BCUT2D eigenvalue weighted by Crippen LogP contribution is 2.19. The van der Waals surface area contributed by atoms with E-state index in [0.29, 0.717) is 24.7 Å². The first-order chi connectivity index (χ1) is 11.1. The Labute approximate surface area is 135 Å². The Bertz CT molecular complexity index is 604. The molecule has 1 aromatic carbocycles. The van der Waals surface area contributed by atoms with Gasteiger partial charge in [0.25, 0.3) is 11.6 Å². The first kappa shape index (κ1) is 15.7. The second kappa shape index (κ2) is 6.91. The number of hydrogen-bond acceptors (Lipinski definition) is 4. The molecule has 1 aliphatic heterocycles. The number of carbonyl (C=O) groups is 1. The maximum atomic E-state index is 12.5. The molecule has 1 aliphatic carbocycles. The molecule has 1 heterocycles. The lowest BCUT2D eigenvalue weighted by Crippen LogP contribution is -2.51. The summed E-state index contributed by atoms with van der Waals surface area (Å²) in [4.78, 5) is 27.0. The van der Waals surface area contributed by atoms with E-state index in [1.807, 2.05) is 4.90 Å². The molecule has 0 radical (unpaired) electrons. The van der Waals surface area contributed by atoms with E-state index in [-0.39, 0.29) is 11.6 Å². The fourth-order valence-electron chi connectivity index (χ4n) is 3.26. The van der Waals surface area contributed by atoms with E-state index < -0.39 is 4.92 Å². The van der Waals surface area contributed by atoms with Gasteiger partial charge in [0.1, 0.15) is 0 Å². The van der Waals surface area contributed by atoms with E-state index in [1.165, 1.54) is 43.5 Å². The van der Waals surface area contributed by atoms with Crippen LogP contribution in [0, 0.1) is 10.1 Å². The van der Waals surface area contributed by atoms with Crippen LogP contribution in [-0.4, -0.2) is 52.9 Å². The van der Waals surface area contributed by atoms with Crippen LogP contribution in [0.15, 0.2) is 36.4 Å². The molecular formula is C17H21N3O3. The lowest BCUT2D eigenvalue weighted by atomic mass is 10.0. The third-order valence-electron chi connectivity index (χ3n) is 4.62. The number of carbonyl (C=O) groups excluding carboxylic acids is 1. The Morgan fingerprint density at radius 3 is 2.39 bits per heavy atom. The summed E-state index contributed by atoms with van der Waals surface area (Å²) in [6, 6.07) is 6.36. The molecule has 1 saturated heterocycles. The van der Waals surface area contributed by atoms with Gasteiger partial charge in [0.05, 0.1) is 4.92 Å². The van der Waals surface area contributed by atoms with Gasteiger partial charge in [-0.1, -0.05) is 12.2 Å². The molecule has 3 rings (SSSR count). The van der Waals surface area contributed by atoms with Crippen LogP contribution in [0.1, 0.15) is 29.6 Å². The van der Waals surface area contributed by atoms with Crippen LogP contribution in [0.2, 0.25) is 0 Å². The molecule has 1 aromatic rings. The van der Waals surface area contributed by atoms with E-state index in [1.54, 1.807) is 0 Å². The van der Waals surface area contributed by atoms with Gasteiger partial charge in [-0.05, 0) is 31.4 Å². The van der Waals surface area contributed by atoms with Crippen LogP contribution in [0.3, 0.4) is 0 Å². The number of nitro groups is 1. The smallest absolute Gasteiger partial charge is 0.269 e. The van der Waals surface area contributed by atoms with Crippen molar-refractivity contribution in [2.45, 2.75) is 25.3 Å². The van der Waals surface area contributed by atoms with Crippen LogP contribution < -0.4 is 0 Å². The second-order valence-electron chi connectivity index (χ2n) is 6.06. The number of nitrogens with zero attached hydrogens (tertiary/aromatic N) is 3. The molecule has 23 heavy (non-hydrogen) atoms. The zero-order valence-corrected chi connectivity index (χ0v) is 13.1. The number of amides is 1. The molecule has 0 unspecified atom stereocenters. The number of rotatable bonds is 3. The van der Waals surface area contributed by atoms with Crippen LogP contribution in [0.25, 0.3) is 0 Å². The molecule has 0 spiro atoms. The van der Waals surface area contributed by atoms with Crippen molar-refractivity contribution >= 4 is 11.6 Å². The molecule has 6 nitrogen and oxygen atoms in total. The number of hydrogen-bond donors (Lipinski definition) is 0. The SMILES string of the molecule is O=C(c1ccc([N+](=O)[O-])cc1)N1CCN([C@H]2C=CCCC2)CC1. The summed E-state index contributed by atoms with van der Waals surface area (Å²) in [5, 5.41) is 10.7. The minimum Gasteiger partial charge on any atom is -0.336 e. The predicted molar refractivity (Wildman–Crippen MR) is 87.4 cm³/mol. The zero-order valence-electron chi connectivity index (χ0n) is 13.1. The van der Waals surface area contributed by atoms with Crippen molar-refractivity contribution in [3.05, 3.63) is 52.1 Å². The molecule has 1 amide bonds. The Kier molecular flexibility index (Phi) is 4.71. The highest BCUT2D eigenvalue weighted by Gasteiger charge is 2.26. The average Bonchev–Trinajstić information content (AvgIpc) is 2.62. The molecule has 0 N–H and O–H groups in total. The number of allylic oxidation sites excluding steroid dienone is 1. The Morgan fingerprint density at radius 1 is 1.13 bits per heavy atom. The molecule has 1 fully saturated rings. The van der Waals surface area contributed by atoms with E-state index in [9.17, 15) is 14.9 Å². The Balaban J connectivity index is 1.58. The van der Waals surface area contributed by atoms with Crippen molar-refractivity contribution in [3.63, 3.8) is 0 Å². The van der Waals surface area contributed by atoms with Gasteiger partial charge >= 0.3 is 0 Å². The van der Waals surface area contributed by atoms with E-state index in [4.69, 9.17) is 0 Å². The van der Waals surface area contributed by atoms with E-state index in [2.05, 4.69) is 17.1 Å². The number of non-ortho nitro benzene ring substituents is 1. The van der Waals surface area contributed by atoms with Crippen molar-refractivity contribution in [2.75, 3.05) is 26.2 Å². The van der Waals surface area contributed by atoms with Gasteiger partial charge in [-0.15, -0.1) is 0 Å². The lowest BCUT2D eigenvalue weighted by Gasteiger charge is -2.39. The molecule has 0 saturated carbocycles. The highest BCUT2D eigenvalue weighted by atomic mass is 16.6. The highest BCUT2D eigenvalue weighted by molar-refractivity contribution is 5.94. The lowest BCUT2D eigenvalue weighted by molar-refractivity contribution is -0.384. The van der Waals surface area contributed by atoms with Crippen LogP contribution in [0.4, 0.5) is 5.69 Å². The molecule has 0 bridgehead atoms. The number of piperazine rings is 1. The monoisotopic (exact) mass is 315 g/mol. The maximum absolute atomic E-state index is 12.5. The van der Waals surface area contributed by atoms with Crippen LogP contribution in [0.5, 0.6) is 0 Å². The fourth-order valence-corrected chi connectivity index (χ4v) is 3.26. The Hall–Kier alpha value is -2.21. The maximum Gasteiger partial charge on any atom is 0.269 e. The first-order valence-corrected chi connectivity index (χ1v) is 8.09. The quantitative estimate of drug-likeness (QED) is 0.488. The summed E-state index contributed by atoms with van der Waals surface area (Å²) in [7, 11) is 0. The van der Waals surface area contributed by atoms with Crippen molar-refractivity contribution in [3.8, 4) is 0 Å². The molecular weight excluding hydrogens is 294 g/mol. The zero-order chi connectivity index (χ0) is 16.2. The normalized spacial score (nSPS) is 22.1. The first-order valence-electron chi connectivity index (χ1n) is 8.09. The minimum absolute atomic E-state index is 0.00968. The summed E-state index contributed by atoms with van der Waals surface area (Å²) in [6.07, 6.45) is 8.16. The van der Waals surface area contributed by atoms with Gasteiger partial charge in [0.15, 0.2) is 0 Å². The molecule has 1 atom stereocenters. The van der Waals surface area contributed by atoms with Gasteiger partial charge in [0.2, 0.25) is 0 Å². The number of benzene rings is 1. The summed E-state index contributed by atoms with van der Waals surface area (Å²) >= 11 is 0. The van der Waals surface area contributed by atoms with Gasteiger partial charge in [0, 0.05) is 49.9 Å². The fraction of sp³-hybridized carbons (Fsp3) is 0.471. The topological polar surface area (TPSA) is 66.7 Å². The minimum atomic E-state index is -0.454. The average molecular weight is 315 g/mol. The second-order valence-corrected chi connectivity index (χ2v) is 6.06. The molecule has 6 heteroatoms. The van der Waals surface area contributed by atoms with Crippen molar-refractivity contribution in [2.24, 2.45) is 0 Å². The van der Waals surface area contributed by atoms with Gasteiger partial charge in [-0.25, -0.2) is 0 Å². The summed E-state index contributed by atoms with van der Waals surface area (Å²) in [5.41, 5.74) is 0.525. The van der Waals surface area contributed by atoms with Crippen LogP contribution >= 0.6 is 0 Å². The van der Waals surface area contributed by atoms with E-state index >= 15 is 0 Å². The van der Waals surface area contributed by atoms with Crippen molar-refractivity contribution in [1.29, 1.82) is 0 Å². The number of nitro benzene ring substituents is 1. The summed E-state index contributed by atoms with van der Waals surface area (Å²) < 4.78 is 0. The predicted octanol–water partition coefficient (Wildman–Crippen LogP) is 2.46. The van der Waals surface area contributed by atoms with Crippen molar-refractivity contribution < 1.29 is 9.72 Å². The Morgan fingerprint density at radius 2 is 1.83 bits per heavy atom. The van der Waals surface area contributed by atoms with Gasteiger partial charge in [-0.2, -0.15) is 0 Å². The van der Waals surface area contributed by atoms with E-state index in [0.717, 1.165) is 13.1 Å².